The van der Waals surface area contributed by atoms with E-state index >= 15 is 0 Å². The Kier molecular flexibility index (Phi) is 5.96. The number of pyridine rings is 1. The Morgan fingerprint density at radius 3 is 2.43 bits per heavy atom. The fourth-order valence-electron chi connectivity index (χ4n) is 3.37. The molecule has 4 rings (SSSR count). The Morgan fingerprint density at radius 1 is 1.00 bits per heavy atom. The van der Waals surface area contributed by atoms with Crippen molar-refractivity contribution in [2.24, 2.45) is 0 Å². The summed E-state index contributed by atoms with van der Waals surface area (Å²) in [4.78, 5) is 17.6. The van der Waals surface area contributed by atoms with Crippen molar-refractivity contribution in [3.05, 3.63) is 95.5 Å². The average molecular weight is 417 g/mol. The van der Waals surface area contributed by atoms with E-state index in [-0.39, 0.29) is 5.97 Å². The number of aromatic nitrogens is 1. The van der Waals surface area contributed by atoms with Gasteiger partial charge < -0.3 is 10.1 Å². The molecule has 0 aliphatic heterocycles. The molecule has 3 aromatic carbocycles. The highest BCUT2D eigenvalue weighted by molar-refractivity contribution is 6.30. The summed E-state index contributed by atoms with van der Waals surface area (Å²) in [6.07, 6.45) is 0. The van der Waals surface area contributed by atoms with Gasteiger partial charge in [0.2, 0.25) is 0 Å². The second-order valence-corrected chi connectivity index (χ2v) is 7.26. The van der Waals surface area contributed by atoms with E-state index in [2.05, 4.69) is 5.32 Å². The molecule has 0 fully saturated rings. The van der Waals surface area contributed by atoms with Crippen LogP contribution in [0.4, 0.5) is 5.69 Å². The van der Waals surface area contributed by atoms with E-state index in [1.165, 1.54) is 0 Å². The van der Waals surface area contributed by atoms with Crippen molar-refractivity contribution >= 4 is 34.2 Å². The van der Waals surface area contributed by atoms with Crippen LogP contribution < -0.4 is 5.32 Å². The van der Waals surface area contributed by atoms with E-state index in [1.54, 1.807) is 6.92 Å². The van der Waals surface area contributed by atoms with Crippen molar-refractivity contribution in [3.8, 4) is 11.3 Å². The van der Waals surface area contributed by atoms with E-state index < -0.39 is 6.04 Å². The molecule has 0 saturated carbocycles. The molecule has 150 valence electrons. The van der Waals surface area contributed by atoms with Gasteiger partial charge in [-0.2, -0.15) is 0 Å². The summed E-state index contributed by atoms with van der Waals surface area (Å²) < 4.78 is 5.34. The van der Waals surface area contributed by atoms with Gasteiger partial charge in [0.25, 0.3) is 0 Å². The summed E-state index contributed by atoms with van der Waals surface area (Å²) in [7, 11) is 0. The van der Waals surface area contributed by atoms with Crippen molar-refractivity contribution in [2.75, 3.05) is 11.9 Å². The average Bonchev–Trinajstić information content (AvgIpc) is 2.78. The molecule has 0 aliphatic carbocycles. The Bertz CT molecular complexity index is 1160. The van der Waals surface area contributed by atoms with E-state index in [1.807, 2.05) is 84.9 Å². The summed E-state index contributed by atoms with van der Waals surface area (Å²) in [6.45, 7) is 2.12. The molecule has 0 radical (unpaired) electrons. The van der Waals surface area contributed by atoms with Gasteiger partial charge in [0.15, 0.2) is 6.04 Å². The monoisotopic (exact) mass is 416 g/mol. The van der Waals surface area contributed by atoms with Crippen LogP contribution in [-0.2, 0) is 9.53 Å². The molecule has 1 N–H and O–H groups in total. The van der Waals surface area contributed by atoms with E-state index in [0.717, 1.165) is 33.4 Å². The van der Waals surface area contributed by atoms with Crippen molar-refractivity contribution in [1.29, 1.82) is 0 Å². The zero-order valence-corrected chi connectivity index (χ0v) is 17.3. The first kappa shape index (κ1) is 19.9. The normalized spacial score (nSPS) is 11.8. The fraction of sp³-hybridized carbons (Fsp3) is 0.120. The maximum absolute atomic E-state index is 12.8. The highest BCUT2D eigenvalue weighted by atomic mass is 35.5. The molecule has 0 unspecified atom stereocenters. The fourth-order valence-corrected chi connectivity index (χ4v) is 3.49. The van der Waals surface area contributed by atoms with Crippen LogP contribution >= 0.6 is 11.6 Å². The molecule has 5 heteroatoms. The molecular formula is C25H21ClN2O2. The summed E-state index contributed by atoms with van der Waals surface area (Å²) in [5, 5.41) is 5.01. The SMILES string of the molecule is CCOC(=O)[C@H](Nc1cc(-c2ccc(Cl)cc2)nc2ccccc12)c1ccccc1. The molecule has 1 aromatic heterocycles. The van der Waals surface area contributed by atoms with Crippen LogP contribution in [0.15, 0.2) is 84.9 Å². The first-order valence-corrected chi connectivity index (χ1v) is 10.2. The number of rotatable bonds is 6. The summed E-state index contributed by atoms with van der Waals surface area (Å²) in [6, 6.07) is 26.3. The largest absolute Gasteiger partial charge is 0.464 e. The number of nitrogens with one attached hydrogen (secondary N) is 1. The van der Waals surface area contributed by atoms with E-state index in [4.69, 9.17) is 21.3 Å². The maximum Gasteiger partial charge on any atom is 0.333 e. The molecule has 0 saturated heterocycles. The van der Waals surface area contributed by atoms with Gasteiger partial charge >= 0.3 is 5.97 Å². The van der Waals surface area contributed by atoms with Gasteiger partial charge in [0.1, 0.15) is 0 Å². The Labute approximate surface area is 180 Å². The van der Waals surface area contributed by atoms with Gasteiger partial charge in [0.05, 0.1) is 17.8 Å². The van der Waals surface area contributed by atoms with Crippen molar-refractivity contribution in [1.82, 2.24) is 4.98 Å². The number of hydrogen-bond donors (Lipinski definition) is 1. The molecule has 0 spiro atoms. The first-order chi connectivity index (χ1) is 14.7. The van der Waals surface area contributed by atoms with E-state index in [9.17, 15) is 4.79 Å². The first-order valence-electron chi connectivity index (χ1n) is 9.79. The molecule has 0 bridgehead atoms. The zero-order valence-electron chi connectivity index (χ0n) is 16.5. The van der Waals surface area contributed by atoms with Crippen LogP contribution in [-0.4, -0.2) is 17.6 Å². The van der Waals surface area contributed by atoms with Crippen LogP contribution in [0.3, 0.4) is 0 Å². The van der Waals surface area contributed by atoms with Gasteiger partial charge in [-0.05, 0) is 36.8 Å². The third-order valence-electron chi connectivity index (χ3n) is 4.81. The number of halogens is 1. The van der Waals surface area contributed by atoms with Gasteiger partial charge in [-0.1, -0.05) is 72.3 Å². The number of para-hydroxylation sites is 1. The molecule has 1 atom stereocenters. The molecule has 30 heavy (non-hydrogen) atoms. The highest BCUT2D eigenvalue weighted by Gasteiger charge is 2.23. The third-order valence-corrected chi connectivity index (χ3v) is 5.06. The van der Waals surface area contributed by atoms with Gasteiger partial charge in [-0.25, -0.2) is 9.78 Å². The smallest absolute Gasteiger partial charge is 0.333 e. The van der Waals surface area contributed by atoms with E-state index in [0.29, 0.717) is 11.6 Å². The quantitative estimate of drug-likeness (QED) is 0.376. The van der Waals surface area contributed by atoms with Crippen LogP contribution in [0, 0.1) is 0 Å². The van der Waals surface area contributed by atoms with Crippen molar-refractivity contribution < 1.29 is 9.53 Å². The molecule has 0 aliphatic rings. The van der Waals surface area contributed by atoms with Crippen LogP contribution in [0.2, 0.25) is 5.02 Å². The Hall–Kier alpha value is -3.37. The second-order valence-electron chi connectivity index (χ2n) is 6.82. The second kappa shape index (κ2) is 8.97. The van der Waals surface area contributed by atoms with Crippen LogP contribution in [0.5, 0.6) is 0 Å². The van der Waals surface area contributed by atoms with Gasteiger partial charge in [-0.15, -0.1) is 0 Å². The summed E-state index contributed by atoms with van der Waals surface area (Å²) in [5.41, 5.74) is 4.23. The van der Waals surface area contributed by atoms with Gasteiger partial charge in [0, 0.05) is 21.7 Å². The predicted octanol–water partition coefficient (Wildman–Crippen LogP) is 6.27. The number of hydrogen-bond acceptors (Lipinski definition) is 4. The number of benzene rings is 3. The summed E-state index contributed by atoms with van der Waals surface area (Å²) in [5.74, 6) is -0.322. The lowest BCUT2D eigenvalue weighted by Crippen LogP contribution is -2.23. The topological polar surface area (TPSA) is 51.2 Å². The summed E-state index contributed by atoms with van der Waals surface area (Å²) >= 11 is 6.04. The minimum absolute atomic E-state index is 0.316. The molecule has 1 heterocycles. The lowest BCUT2D eigenvalue weighted by Gasteiger charge is -2.20. The van der Waals surface area contributed by atoms with Crippen LogP contribution in [0.1, 0.15) is 18.5 Å². The van der Waals surface area contributed by atoms with Crippen molar-refractivity contribution in [2.45, 2.75) is 13.0 Å². The molecule has 0 amide bonds. The highest BCUT2D eigenvalue weighted by Crippen LogP contribution is 2.31. The minimum Gasteiger partial charge on any atom is -0.464 e. The standard InChI is InChI=1S/C25H21ClN2O2/c1-2-30-25(29)24(18-8-4-3-5-9-18)28-23-16-22(17-12-14-19(26)15-13-17)27-21-11-7-6-10-20(21)23/h3-16,24H,2H2,1H3,(H,27,28)/t24-/m1/s1. The maximum atomic E-state index is 12.8. The Morgan fingerprint density at radius 2 is 1.70 bits per heavy atom. The zero-order chi connectivity index (χ0) is 20.9. The Balaban J connectivity index is 1.81. The lowest BCUT2D eigenvalue weighted by molar-refractivity contribution is -0.144. The number of carbonyl (C=O) groups is 1. The predicted molar refractivity (Wildman–Crippen MR) is 122 cm³/mol. The number of nitrogens with zero attached hydrogens (tertiary/aromatic N) is 1. The number of fused-ring (bicyclic) bond motifs is 1. The third kappa shape index (κ3) is 4.29. The number of carbonyl (C=O) groups excluding carboxylic acids is 1. The lowest BCUT2D eigenvalue weighted by atomic mass is 10.0. The number of esters is 1. The number of anilines is 1. The number of ether oxygens (including phenoxy) is 1. The molecule has 4 nitrogen and oxygen atoms in total. The molecule has 4 aromatic rings. The van der Waals surface area contributed by atoms with Gasteiger partial charge in [-0.3, -0.25) is 0 Å². The van der Waals surface area contributed by atoms with Crippen LogP contribution in [0.25, 0.3) is 22.2 Å². The minimum atomic E-state index is -0.630. The molecular weight excluding hydrogens is 396 g/mol. The van der Waals surface area contributed by atoms with Crippen molar-refractivity contribution in [3.63, 3.8) is 0 Å².